The van der Waals surface area contributed by atoms with Gasteiger partial charge in [-0.05, 0) is 62.1 Å². The maximum absolute atomic E-state index is 12.4. The predicted octanol–water partition coefficient (Wildman–Crippen LogP) is 5.83. The molecule has 0 unspecified atom stereocenters. The lowest BCUT2D eigenvalue weighted by atomic mass is 10.0. The normalized spacial score (nSPS) is 11.1. The Morgan fingerprint density at radius 3 is 1.73 bits per heavy atom. The molecule has 0 aliphatic carbocycles. The Morgan fingerprint density at radius 2 is 1.31 bits per heavy atom. The summed E-state index contributed by atoms with van der Waals surface area (Å²) in [4.78, 5) is 24.8. The van der Waals surface area contributed by atoms with E-state index in [1.165, 1.54) is 6.07 Å². The quantitative estimate of drug-likeness (QED) is 0.377. The largest absolute Gasteiger partial charge is 0.462 e. The predicted molar refractivity (Wildman–Crippen MR) is 105 cm³/mol. The van der Waals surface area contributed by atoms with Crippen LogP contribution in [0.1, 0.15) is 79.7 Å². The minimum absolute atomic E-state index is 0.166. The zero-order valence-electron chi connectivity index (χ0n) is 16.6. The number of benzene rings is 1. The number of aryl methyl sites for hydroxylation is 1. The van der Waals surface area contributed by atoms with Crippen molar-refractivity contribution in [1.29, 1.82) is 0 Å². The molecular weight excluding hydrogens is 352 g/mol. The molecule has 0 amide bonds. The Kier molecular flexibility index (Phi) is 9.71. The van der Waals surface area contributed by atoms with Crippen LogP contribution >= 0.6 is 11.6 Å². The van der Waals surface area contributed by atoms with E-state index in [9.17, 15) is 9.59 Å². The highest BCUT2D eigenvalue weighted by atomic mass is 35.5. The van der Waals surface area contributed by atoms with Gasteiger partial charge in [0.2, 0.25) is 0 Å². The molecule has 0 bridgehead atoms. The van der Waals surface area contributed by atoms with Gasteiger partial charge >= 0.3 is 11.9 Å². The van der Waals surface area contributed by atoms with Crippen LogP contribution in [-0.4, -0.2) is 25.2 Å². The smallest absolute Gasteiger partial charge is 0.339 e. The van der Waals surface area contributed by atoms with E-state index < -0.39 is 11.9 Å². The fourth-order valence-electron chi connectivity index (χ4n) is 2.49. The first-order valence-corrected chi connectivity index (χ1v) is 9.74. The van der Waals surface area contributed by atoms with Gasteiger partial charge in [0.1, 0.15) is 0 Å². The Morgan fingerprint density at radius 1 is 0.885 bits per heavy atom. The fraction of sp³-hybridized carbons (Fsp3) is 0.619. The van der Waals surface area contributed by atoms with Gasteiger partial charge in [-0.25, -0.2) is 9.59 Å². The number of carbonyl (C=O) groups excluding carboxylic acids is 2. The van der Waals surface area contributed by atoms with Crippen LogP contribution in [0.5, 0.6) is 0 Å². The van der Waals surface area contributed by atoms with Crippen molar-refractivity contribution >= 4 is 23.5 Å². The zero-order valence-corrected chi connectivity index (χ0v) is 17.3. The van der Waals surface area contributed by atoms with Crippen molar-refractivity contribution in [2.24, 2.45) is 11.8 Å². The van der Waals surface area contributed by atoms with E-state index in [0.29, 0.717) is 30.1 Å². The average Bonchev–Trinajstić information content (AvgIpc) is 2.56. The van der Waals surface area contributed by atoms with Gasteiger partial charge in [0.25, 0.3) is 0 Å². The van der Waals surface area contributed by atoms with Crippen molar-refractivity contribution < 1.29 is 19.1 Å². The summed E-state index contributed by atoms with van der Waals surface area (Å²) in [7, 11) is 0. The maximum atomic E-state index is 12.4. The highest BCUT2D eigenvalue weighted by molar-refractivity contribution is 6.32. The number of esters is 2. The molecule has 1 aromatic carbocycles. The second-order valence-corrected chi connectivity index (χ2v) is 7.90. The number of halogens is 1. The minimum Gasteiger partial charge on any atom is -0.462 e. The first-order chi connectivity index (χ1) is 12.2. The van der Waals surface area contributed by atoms with Crippen LogP contribution in [0.4, 0.5) is 0 Å². The number of hydrogen-bond acceptors (Lipinski definition) is 4. The first kappa shape index (κ1) is 22.5. The van der Waals surface area contributed by atoms with Crippen LogP contribution in [0.15, 0.2) is 12.1 Å². The topological polar surface area (TPSA) is 52.6 Å². The lowest BCUT2D eigenvalue weighted by Crippen LogP contribution is -2.16. The number of carbonyl (C=O) groups is 2. The van der Waals surface area contributed by atoms with Gasteiger partial charge < -0.3 is 9.47 Å². The number of ether oxygens (including phenoxy) is 2. The van der Waals surface area contributed by atoms with Gasteiger partial charge in [-0.1, -0.05) is 39.3 Å². The van der Waals surface area contributed by atoms with Gasteiger partial charge in [-0.3, -0.25) is 0 Å². The van der Waals surface area contributed by atoms with E-state index in [4.69, 9.17) is 21.1 Å². The molecule has 1 rings (SSSR count). The second kappa shape index (κ2) is 11.2. The summed E-state index contributed by atoms with van der Waals surface area (Å²) in [5.41, 5.74) is 1.10. The maximum Gasteiger partial charge on any atom is 0.339 e. The molecule has 1 aromatic rings. The monoisotopic (exact) mass is 382 g/mol. The Labute approximate surface area is 162 Å². The van der Waals surface area contributed by atoms with E-state index in [1.54, 1.807) is 13.0 Å². The summed E-state index contributed by atoms with van der Waals surface area (Å²) in [5, 5.41) is 0.426. The molecule has 0 N–H and O–H groups in total. The highest BCUT2D eigenvalue weighted by Gasteiger charge is 2.21. The van der Waals surface area contributed by atoms with Gasteiger partial charge in [-0.15, -0.1) is 0 Å². The Balaban J connectivity index is 2.79. The van der Waals surface area contributed by atoms with Gasteiger partial charge in [0, 0.05) is 5.02 Å². The van der Waals surface area contributed by atoms with E-state index in [-0.39, 0.29) is 11.1 Å². The van der Waals surface area contributed by atoms with Gasteiger partial charge in [0.15, 0.2) is 0 Å². The number of hydrogen-bond donors (Lipinski definition) is 0. The molecule has 0 fully saturated rings. The van der Waals surface area contributed by atoms with Gasteiger partial charge in [-0.2, -0.15) is 0 Å². The molecule has 0 saturated heterocycles. The molecule has 4 nitrogen and oxygen atoms in total. The molecule has 0 aliphatic rings. The van der Waals surface area contributed by atoms with Crippen molar-refractivity contribution in [3.8, 4) is 0 Å². The van der Waals surface area contributed by atoms with Crippen LogP contribution in [0, 0.1) is 18.8 Å². The molecule has 0 aliphatic heterocycles. The number of rotatable bonds is 10. The van der Waals surface area contributed by atoms with E-state index >= 15 is 0 Å². The van der Waals surface area contributed by atoms with Crippen LogP contribution < -0.4 is 0 Å². The molecule has 0 heterocycles. The molecule has 0 saturated carbocycles. The lowest BCUT2D eigenvalue weighted by Gasteiger charge is -2.12. The fourth-order valence-corrected chi connectivity index (χ4v) is 2.65. The summed E-state index contributed by atoms with van der Waals surface area (Å²) in [6, 6.07) is 3.09. The Bertz CT molecular complexity index is 555. The summed E-state index contributed by atoms with van der Waals surface area (Å²) in [5.74, 6) is 0.0641. The third-order valence-corrected chi connectivity index (χ3v) is 4.46. The molecule has 0 radical (unpaired) electrons. The molecule has 0 atom stereocenters. The first-order valence-electron chi connectivity index (χ1n) is 9.36. The van der Waals surface area contributed by atoms with Crippen LogP contribution in [-0.2, 0) is 9.47 Å². The average molecular weight is 383 g/mol. The second-order valence-electron chi connectivity index (χ2n) is 7.49. The van der Waals surface area contributed by atoms with Gasteiger partial charge in [0.05, 0.1) is 24.3 Å². The molecule has 26 heavy (non-hydrogen) atoms. The summed E-state index contributed by atoms with van der Waals surface area (Å²) < 4.78 is 10.6. The third-order valence-electron chi connectivity index (χ3n) is 4.06. The van der Waals surface area contributed by atoms with Crippen LogP contribution in [0.2, 0.25) is 5.02 Å². The molecule has 0 spiro atoms. The third kappa shape index (κ3) is 7.77. The minimum atomic E-state index is -0.537. The summed E-state index contributed by atoms with van der Waals surface area (Å²) in [6.07, 6.45) is 3.55. The highest BCUT2D eigenvalue weighted by Crippen LogP contribution is 2.23. The van der Waals surface area contributed by atoms with Crippen LogP contribution in [0.25, 0.3) is 0 Å². The van der Waals surface area contributed by atoms with Crippen molar-refractivity contribution in [2.45, 2.75) is 60.3 Å². The van der Waals surface area contributed by atoms with Crippen molar-refractivity contribution in [3.63, 3.8) is 0 Å². The zero-order chi connectivity index (χ0) is 19.7. The Hall–Kier alpha value is -1.55. The molecule has 146 valence electrons. The SMILES string of the molecule is Cc1cc(C(=O)OCCCC(C)C)c(C(=O)OCCCC(C)C)cc1Cl. The molecule has 0 aromatic heterocycles. The standard InChI is InChI=1S/C21H31ClO4/c1-14(2)8-6-10-25-20(23)17-12-16(5)19(22)13-18(17)21(24)26-11-7-9-15(3)4/h12-15H,6-11H2,1-5H3. The summed E-state index contributed by atoms with van der Waals surface area (Å²) in [6.45, 7) is 10.9. The van der Waals surface area contributed by atoms with E-state index in [1.807, 2.05) is 0 Å². The van der Waals surface area contributed by atoms with Crippen molar-refractivity contribution in [3.05, 3.63) is 33.8 Å². The van der Waals surface area contributed by atoms with Crippen LogP contribution in [0.3, 0.4) is 0 Å². The lowest BCUT2D eigenvalue weighted by molar-refractivity contribution is 0.0447. The molecular formula is C21H31ClO4. The van der Waals surface area contributed by atoms with Crippen molar-refractivity contribution in [1.82, 2.24) is 0 Å². The molecule has 5 heteroatoms. The van der Waals surface area contributed by atoms with E-state index in [2.05, 4.69) is 27.7 Å². The summed E-state index contributed by atoms with van der Waals surface area (Å²) >= 11 is 6.14. The van der Waals surface area contributed by atoms with E-state index in [0.717, 1.165) is 31.2 Å². The van der Waals surface area contributed by atoms with Crippen molar-refractivity contribution in [2.75, 3.05) is 13.2 Å².